The second-order valence-electron chi connectivity index (χ2n) is 12.7. The summed E-state index contributed by atoms with van der Waals surface area (Å²) in [6.07, 6.45) is 7.24. The molecule has 4 aromatic rings. The third-order valence-corrected chi connectivity index (χ3v) is 11.7. The lowest BCUT2D eigenvalue weighted by Crippen LogP contribution is -2.17. The van der Waals surface area contributed by atoms with Crippen molar-refractivity contribution in [1.82, 2.24) is 10.6 Å². The van der Waals surface area contributed by atoms with Gasteiger partial charge in [-0.3, -0.25) is 9.59 Å². The molecule has 2 N–H and O–H groups in total. The van der Waals surface area contributed by atoms with Gasteiger partial charge in [0.25, 0.3) is 0 Å². The van der Waals surface area contributed by atoms with Crippen LogP contribution in [0.1, 0.15) is 89.7 Å². The Labute approximate surface area is 368 Å². The lowest BCUT2D eigenvalue weighted by Gasteiger charge is -2.19. The molecule has 60 heavy (non-hydrogen) atoms. The molecule has 12 heteroatoms. The van der Waals surface area contributed by atoms with Gasteiger partial charge in [-0.2, -0.15) is 0 Å². The van der Waals surface area contributed by atoms with Crippen molar-refractivity contribution < 1.29 is 28.4 Å². The smallest absolute Gasteiger partial charge is 0.203 e. The van der Waals surface area contributed by atoms with E-state index in [1.165, 1.54) is 23.5 Å². The number of fused-ring (bicyclic) bond motifs is 6. The highest BCUT2D eigenvalue weighted by molar-refractivity contribution is 7.98. The van der Waals surface area contributed by atoms with Crippen LogP contribution in [0.4, 0.5) is 0 Å². The van der Waals surface area contributed by atoms with Gasteiger partial charge in [-0.25, -0.2) is 0 Å². The van der Waals surface area contributed by atoms with Gasteiger partial charge in [0, 0.05) is 23.2 Å². The van der Waals surface area contributed by atoms with Crippen molar-refractivity contribution in [3.8, 4) is 56.8 Å². The van der Waals surface area contributed by atoms with Gasteiger partial charge in [-0.15, -0.1) is 23.5 Å². The van der Waals surface area contributed by atoms with Gasteiger partial charge in [-0.05, 0) is 122 Å². The molecule has 0 fully saturated rings. The standard InChI is InChI=1S/2C21H25NO4S.2C2H6.2CH4/c2*1-22-15-8-6-12-10-17(24-2)20(25-3)21(26-4)19(12)13-7-9-18(27-5)16(23)11-14(13)15;2*1-2;;/h2*7,9-11,15,22H,6,8H2,1-5H3;2*1-2H3;2*1H4/t2*15-;;;;/m00..../s1. The lowest BCUT2D eigenvalue weighted by atomic mass is 9.95. The number of aryl methyl sites for hydroxylation is 2. The minimum absolute atomic E-state index is 0. The molecule has 2 aliphatic carbocycles. The van der Waals surface area contributed by atoms with Crippen LogP contribution < -0.4 is 49.9 Å². The SMILES string of the molecule is C.C.CC.CC.CN[C@H]1CCc2cc(OC)c(OC)c(OC)c2-c2ccc(SC)c(=O)cc21.CN[C@H]1CCc2cc(OC)c(OC)c(OC)c2-c2ccc(SC)c(=O)cc21. The summed E-state index contributed by atoms with van der Waals surface area (Å²) in [4.78, 5) is 26.8. The fourth-order valence-corrected chi connectivity index (χ4v) is 8.46. The molecule has 0 saturated carbocycles. The van der Waals surface area contributed by atoms with E-state index in [2.05, 4.69) is 10.6 Å². The number of hydrogen-bond donors (Lipinski definition) is 2. The third kappa shape index (κ3) is 11.1. The van der Waals surface area contributed by atoms with Crippen LogP contribution in [0.3, 0.4) is 0 Å². The molecule has 0 amide bonds. The van der Waals surface area contributed by atoms with Crippen LogP contribution in [0.25, 0.3) is 22.3 Å². The second-order valence-corrected chi connectivity index (χ2v) is 14.4. The number of thioether (sulfide) groups is 2. The van der Waals surface area contributed by atoms with Crippen LogP contribution in [0.15, 0.2) is 67.9 Å². The molecule has 10 nitrogen and oxygen atoms in total. The number of benzene rings is 2. The molecule has 332 valence electrons. The molecule has 0 radical (unpaired) electrons. The minimum atomic E-state index is 0. The Balaban J connectivity index is 0.000000538. The molecule has 2 aliphatic rings. The van der Waals surface area contributed by atoms with Gasteiger partial charge in [0.1, 0.15) is 0 Å². The fraction of sp³-hybridized carbons (Fsp3) is 0.458. The Bertz CT molecular complexity index is 1980. The highest BCUT2D eigenvalue weighted by Crippen LogP contribution is 2.51. The lowest BCUT2D eigenvalue weighted by molar-refractivity contribution is 0.324. The predicted molar refractivity (Wildman–Crippen MR) is 256 cm³/mol. The van der Waals surface area contributed by atoms with E-state index in [0.29, 0.717) is 34.5 Å². The maximum atomic E-state index is 12.7. The Hall–Kier alpha value is -4.36. The van der Waals surface area contributed by atoms with Crippen LogP contribution >= 0.6 is 23.5 Å². The zero-order valence-corrected chi connectivity index (χ0v) is 38.3. The molecular weight excluding hydrogens is 797 g/mol. The predicted octanol–water partition coefficient (Wildman–Crippen LogP) is 10.7. The van der Waals surface area contributed by atoms with E-state index in [9.17, 15) is 9.59 Å². The van der Waals surface area contributed by atoms with E-state index in [1.807, 2.05) is 90.7 Å². The zero-order chi connectivity index (χ0) is 43.1. The Morgan fingerprint density at radius 1 is 0.517 bits per heavy atom. The van der Waals surface area contributed by atoms with E-state index >= 15 is 0 Å². The topological polar surface area (TPSA) is 114 Å². The van der Waals surface area contributed by atoms with E-state index < -0.39 is 0 Å². The highest BCUT2D eigenvalue weighted by Gasteiger charge is 2.30. The molecule has 4 aromatic carbocycles. The number of hydrogen-bond acceptors (Lipinski definition) is 12. The van der Waals surface area contributed by atoms with Crippen molar-refractivity contribution in [3.05, 3.63) is 91.2 Å². The first-order valence-corrected chi connectivity index (χ1v) is 22.1. The van der Waals surface area contributed by atoms with Gasteiger partial charge >= 0.3 is 0 Å². The van der Waals surface area contributed by atoms with Gasteiger partial charge in [0.15, 0.2) is 33.9 Å². The summed E-state index contributed by atoms with van der Waals surface area (Å²) in [6, 6.07) is 15.5. The summed E-state index contributed by atoms with van der Waals surface area (Å²) in [5.41, 5.74) is 8.16. The Kier molecular flexibility index (Phi) is 23.3. The van der Waals surface area contributed by atoms with E-state index in [0.717, 1.165) is 80.0 Å². The average molecular weight is 867 g/mol. The molecular formula is C48H70N2O8S2. The van der Waals surface area contributed by atoms with Gasteiger partial charge in [-0.1, -0.05) is 54.7 Å². The highest BCUT2D eigenvalue weighted by atomic mass is 32.2. The van der Waals surface area contributed by atoms with Gasteiger partial charge in [0.05, 0.1) is 52.4 Å². The number of methoxy groups -OCH3 is 6. The molecule has 0 unspecified atom stereocenters. The monoisotopic (exact) mass is 866 g/mol. The third-order valence-electron chi connectivity index (χ3n) is 10.1. The Morgan fingerprint density at radius 2 is 0.850 bits per heavy atom. The van der Waals surface area contributed by atoms with Crippen molar-refractivity contribution in [1.29, 1.82) is 0 Å². The number of nitrogens with one attached hydrogen (secondary N) is 2. The van der Waals surface area contributed by atoms with Crippen molar-refractivity contribution in [2.75, 3.05) is 69.3 Å². The Morgan fingerprint density at radius 3 is 1.12 bits per heavy atom. The molecule has 0 bridgehead atoms. The van der Waals surface area contributed by atoms with Crippen LogP contribution in [-0.4, -0.2) is 69.3 Å². The van der Waals surface area contributed by atoms with E-state index in [-0.39, 0.29) is 37.8 Å². The van der Waals surface area contributed by atoms with Crippen LogP contribution in [0.5, 0.6) is 34.5 Å². The summed E-state index contributed by atoms with van der Waals surface area (Å²) in [5, 5.41) is 6.72. The summed E-state index contributed by atoms with van der Waals surface area (Å²) >= 11 is 2.92. The summed E-state index contributed by atoms with van der Waals surface area (Å²) in [5.74, 6) is 3.68. The summed E-state index contributed by atoms with van der Waals surface area (Å²) in [6.45, 7) is 8.00. The van der Waals surface area contributed by atoms with Crippen molar-refractivity contribution in [2.45, 2.75) is 90.1 Å². The zero-order valence-electron chi connectivity index (χ0n) is 36.7. The van der Waals surface area contributed by atoms with E-state index in [4.69, 9.17) is 28.4 Å². The number of rotatable bonds is 10. The summed E-state index contributed by atoms with van der Waals surface area (Å²) in [7, 11) is 13.6. The maximum absolute atomic E-state index is 12.7. The molecule has 6 rings (SSSR count). The van der Waals surface area contributed by atoms with Gasteiger partial charge in [0.2, 0.25) is 11.5 Å². The van der Waals surface area contributed by atoms with Crippen LogP contribution in [0.2, 0.25) is 0 Å². The molecule has 2 atom stereocenters. The normalized spacial score (nSPS) is 14.0. The second kappa shape index (κ2) is 26.1. The molecule has 0 aromatic heterocycles. The first-order chi connectivity index (χ1) is 28.2. The van der Waals surface area contributed by atoms with Gasteiger partial charge < -0.3 is 39.1 Å². The molecule has 0 saturated heterocycles. The largest absolute Gasteiger partial charge is 0.493 e. The van der Waals surface area contributed by atoms with Crippen LogP contribution in [-0.2, 0) is 12.8 Å². The van der Waals surface area contributed by atoms with Crippen molar-refractivity contribution >= 4 is 23.5 Å². The van der Waals surface area contributed by atoms with Crippen molar-refractivity contribution in [2.24, 2.45) is 0 Å². The first kappa shape index (κ1) is 53.7. The molecule has 0 spiro atoms. The minimum Gasteiger partial charge on any atom is -0.493 e. The average Bonchev–Trinajstić information content (AvgIpc) is 3.67. The fourth-order valence-electron chi connectivity index (χ4n) is 7.53. The summed E-state index contributed by atoms with van der Waals surface area (Å²) < 4.78 is 33.8. The van der Waals surface area contributed by atoms with E-state index in [1.54, 1.807) is 54.8 Å². The quantitative estimate of drug-likeness (QED) is 0.148. The molecule has 0 heterocycles. The number of ether oxygens (including phenoxy) is 6. The molecule has 0 aliphatic heterocycles. The maximum Gasteiger partial charge on any atom is 0.203 e. The van der Waals surface area contributed by atoms with Crippen molar-refractivity contribution in [3.63, 3.8) is 0 Å². The first-order valence-electron chi connectivity index (χ1n) is 19.6. The van der Waals surface area contributed by atoms with Crippen LogP contribution in [0, 0.1) is 0 Å².